The molecule has 1 aliphatic heterocycles. The highest BCUT2D eigenvalue weighted by molar-refractivity contribution is 6.02. The molecule has 0 aliphatic carbocycles. The van der Waals surface area contributed by atoms with E-state index in [9.17, 15) is 9.59 Å². The van der Waals surface area contributed by atoms with Gasteiger partial charge in [-0.05, 0) is 6.42 Å². The Hall–Kier alpha value is -1.89. The van der Waals surface area contributed by atoms with Gasteiger partial charge in [0.1, 0.15) is 0 Å². The van der Waals surface area contributed by atoms with Gasteiger partial charge in [-0.15, -0.1) is 0 Å². The highest BCUT2D eigenvalue weighted by atomic mass is 16.5. The molecule has 98 valence electrons. The molecule has 2 rings (SSSR count). The minimum atomic E-state index is -1.18. The number of imidazole rings is 1. The third-order valence-corrected chi connectivity index (χ3v) is 2.94. The van der Waals surface area contributed by atoms with Gasteiger partial charge in [-0.1, -0.05) is 6.92 Å². The van der Waals surface area contributed by atoms with Gasteiger partial charge in [-0.25, -0.2) is 9.78 Å². The quantitative estimate of drug-likeness (QED) is 0.810. The van der Waals surface area contributed by atoms with E-state index in [-0.39, 0.29) is 23.4 Å². The number of carbonyl (C=O) groups excluding carboxylic acids is 1. The molecule has 0 aromatic carbocycles. The number of hydrogen-bond donors (Lipinski definition) is 2. The van der Waals surface area contributed by atoms with E-state index in [1.807, 2.05) is 6.92 Å². The second-order valence-corrected chi connectivity index (χ2v) is 4.08. The van der Waals surface area contributed by atoms with E-state index in [1.54, 1.807) is 4.90 Å². The van der Waals surface area contributed by atoms with Crippen LogP contribution < -0.4 is 0 Å². The maximum atomic E-state index is 12.2. The molecule has 1 saturated heterocycles. The standard InChI is InChI=1S/C11H15N3O4/c1-2-7-5-14(3-4-18-7)10(15)8-9(11(16)17)13-6-12-8/h6-7H,2-5H2,1H3,(H,12,13)(H,16,17). The Balaban J connectivity index is 2.15. The predicted octanol–water partition coefficient (Wildman–Crippen LogP) is 0.359. The Morgan fingerprint density at radius 3 is 3.11 bits per heavy atom. The van der Waals surface area contributed by atoms with Gasteiger partial charge in [-0.2, -0.15) is 0 Å². The number of amides is 1. The summed E-state index contributed by atoms with van der Waals surface area (Å²) in [6.45, 7) is 3.38. The normalized spacial score (nSPS) is 19.8. The largest absolute Gasteiger partial charge is 0.477 e. The topological polar surface area (TPSA) is 95.5 Å². The van der Waals surface area contributed by atoms with E-state index < -0.39 is 5.97 Å². The van der Waals surface area contributed by atoms with Gasteiger partial charge in [0.2, 0.25) is 0 Å². The molecule has 0 radical (unpaired) electrons. The Labute approximate surface area is 104 Å². The Bertz CT molecular complexity index is 457. The van der Waals surface area contributed by atoms with Crippen molar-refractivity contribution in [2.24, 2.45) is 0 Å². The molecule has 7 nitrogen and oxygen atoms in total. The van der Waals surface area contributed by atoms with Crippen molar-refractivity contribution >= 4 is 11.9 Å². The van der Waals surface area contributed by atoms with E-state index in [0.29, 0.717) is 19.7 Å². The fourth-order valence-corrected chi connectivity index (χ4v) is 1.92. The molecular formula is C11H15N3O4. The minimum Gasteiger partial charge on any atom is -0.477 e. The number of H-pyrrole nitrogens is 1. The summed E-state index contributed by atoms with van der Waals surface area (Å²) in [5, 5.41) is 8.93. The smallest absolute Gasteiger partial charge is 0.354 e. The SMILES string of the molecule is CCC1CN(C(=O)c2nc[nH]c2C(=O)O)CCO1. The molecule has 2 heterocycles. The monoisotopic (exact) mass is 253 g/mol. The molecule has 1 unspecified atom stereocenters. The van der Waals surface area contributed by atoms with Crippen LogP contribution in [-0.2, 0) is 4.74 Å². The summed E-state index contributed by atoms with van der Waals surface area (Å²) in [5.74, 6) is -1.55. The molecule has 1 aliphatic rings. The van der Waals surface area contributed by atoms with Crippen molar-refractivity contribution in [3.05, 3.63) is 17.7 Å². The summed E-state index contributed by atoms with van der Waals surface area (Å²) in [6.07, 6.45) is 2.04. The molecule has 1 amide bonds. The van der Waals surface area contributed by atoms with E-state index in [2.05, 4.69) is 9.97 Å². The van der Waals surface area contributed by atoms with E-state index in [4.69, 9.17) is 9.84 Å². The van der Waals surface area contributed by atoms with Crippen LogP contribution in [0, 0.1) is 0 Å². The van der Waals surface area contributed by atoms with Gasteiger partial charge in [0.25, 0.3) is 5.91 Å². The van der Waals surface area contributed by atoms with E-state index in [1.165, 1.54) is 6.33 Å². The fourth-order valence-electron chi connectivity index (χ4n) is 1.92. The van der Waals surface area contributed by atoms with Gasteiger partial charge in [0.15, 0.2) is 11.4 Å². The number of aromatic amines is 1. The molecule has 1 atom stereocenters. The number of carbonyl (C=O) groups is 2. The minimum absolute atomic E-state index is 0.00919. The van der Waals surface area contributed by atoms with Crippen LogP contribution in [-0.4, -0.2) is 57.7 Å². The van der Waals surface area contributed by atoms with Crippen LogP contribution in [0.15, 0.2) is 6.33 Å². The van der Waals surface area contributed by atoms with Crippen molar-refractivity contribution in [1.29, 1.82) is 0 Å². The van der Waals surface area contributed by atoms with Crippen LogP contribution in [0.4, 0.5) is 0 Å². The summed E-state index contributed by atoms with van der Waals surface area (Å²) in [5.41, 5.74) is -0.209. The molecule has 0 bridgehead atoms. The molecule has 0 saturated carbocycles. The van der Waals surface area contributed by atoms with Crippen molar-refractivity contribution < 1.29 is 19.4 Å². The average molecular weight is 253 g/mol. The zero-order chi connectivity index (χ0) is 13.1. The zero-order valence-corrected chi connectivity index (χ0v) is 10.0. The van der Waals surface area contributed by atoms with Crippen LogP contribution in [0.25, 0.3) is 0 Å². The average Bonchev–Trinajstić information content (AvgIpc) is 2.87. The van der Waals surface area contributed by atoms with Crippen LogP contribution in [0.2, 0.25) is 0 Å². The lowest BCUT2D eigenvalue weighted by atomic mass is 10.2. The maximum Gasteiger partial charge on any atom is 0.354 e. The summed E-state index contributed by atoms with van der Waals surface area (Å²) >= 11 is 0. The molecule has 18 heavy (non-hydrogen) atoms. The molecule has 1 fully saturated rings. The molecule has 1 aromatic rings. The first-order valence-corrected chi connectivity index (χ1v) is 5.81. The van der Waals surface area contributed by atoms with Crippen molar-refractivity contribution in [3.63, 3.8) is 0 Å². The number of nitrogens with one attached hydrogen (secondary N) is 1. The van der Waals surface area contributed by atoms with Crippen molar-refractivity contribution in [1.82, 2.24) is 14.9 Å². The van der Waals surface area contributed by atoms with Crippen LogP contribution >= 0.6 is 0 Å². The molecule has 7 heteroatoms. The summed E-state index contributed by atoms with van der Waals surface area (Å²) < 4.78 is 5.46. The lowest BCUT2D eigenvalue weighted by Crippen LogP contribution is -2.45. The van der Waals surface area contributed by atoms with Crippen molar-refractivity contribution in [2.75, 3.05) is 19.7 Å². The van der Waals surface area contributed by atoms with Gasteiger partial charge in [0, 0.05) is 13.1 Å². The first-order chi connectivity index (χ1) is 8.63. The number of ether oxygens (including phenoxy) is 1. The Kier molecular flexibility index (Phi) is 3.61. The first-order valence-electron chi connectivity index (χ1n) is 5.81. The lowest BCUT2D eigenvalue weighted by Gasteiger charge is -2.32. The number of aromatic nitrogens is 2. The fraction of sp³-hybridized carbons (Fsp3) is 0.545. The number of carboxylic acid groups (broad SMARTS) is 1. The Morgan fingerprint density at radius 1 is 1.67 bits per heavy atom. The third-order valence-electron chi connectivity index (χ3n) is 2.94. The van der Waals surface area contributed by atoms with Crippen LogP contribution in [0.1, 0.15) is 34.3 Å². The number of aromatic carboxylic acids is 1. The second-order valence-electron chi connectivity index (χ2n) is 4.08. The van der Waals surface area contributed by atoms with Crippen LogP contribution in [0.5, 0.6) is 0 Å². The van der Waals surface area contributed by atoms with Crippen molar-refractivity contribution in [2.45, 2.75) is 19.4 Å². The molecule has 2 N–H and O–H groups in total. The van der Waals surface area contributed by atoms with Crippen LogP contribution in [0.3, 0.4) is 0 Å². The van der Waals surface area contributed by atoms with Gasteiger partial charge < -0.3 is 19.7 Å². The predicted molar refractivity (Wildman–Crippen MR) is 61.5 cm³/mol. The third kappa shape index (κ3) is 2.35. The molecular weight excluding hydrogens is 238 g/mol. The van der Waals surface area contributed by atoms with Gasteiger partial charge in [-0.3, -0.25) is 4.79 Å². The second kappa shape index (κ2) is 5.18. The zero-order valence-electron chi connectivity index (χ0n) is 10.0. The Morgan fingerprint density at radius 2 is 2.44 bits per heavy atom. The van der Waals surface area contributed by atoms with Gasteiger partial charge >= 0.3 is 5.97 Å². The first kappa shape index (κ1) is 12.6. The summed E-state index contributed by atoms with van der Waals surface area (Å²) in [7, 11) is 0. The number of hydrogen-bond acceptors (Lipinski definition) is 4. The number of carboxylic acids is 1. The van der Waals surface area contributed by atoms with E-state index >= 15 is 0 Å². The highest BCUT2D eigenvalue weighted by Crippen LogP contribution is 2.13. The summed E-state index contributed by atoms with van der Waals surface area (Å²) in [4.78, 5) is 30.9. The number of rotatable bonds is 3. The summed E-state index contributed by atoms with van der Waals surface area (Å²) in [6, 6.07) is 0. The maximum absolute atomic E-state index is 12.2. The van der Waals surface area contributed by atoms with E-state index in [0.717, 1.165) is 6.42 Å². The van der Waals surface area contributed by atoms with Crippen molar-refractivity contribution in [3.8, 4) is 0 Å². The number of nitrogens with zero attached hydrogens (tertiary/aromatic N) is 2. The molecule has 0 spiro atoms. The highest BCUT2D eigenvalue weighted by Gasteiger charge is 2.28. The van der Waals surface area contributed by atoms with Gasteiger partial charge in [0.05, 0.1) is 19.0 Å². The molecule has 1 aromatic heterocycles. The lowest BCUT2D eigenvalue weighted by molar-refractivity contribution is -0.0228. The number of morpholine rings is 1.